The van der Waals surface area contributed by atoms with E-state index in [2.05, 4.69) is 31.7 Å². The Balaban J connectivity index is 0.000000425. The maximum Gasteiger partial charge on any atom is 0.490 e. The van der Waals surface area contributed by atoms with Crippen LogP contribution in [0, 0.1) is 11.3 Å². The van der Waals surface area contributed by atoms with Gasteiger partial charge in [-0.05, 0) is 50.1 Å². The first kappa shape index (κ1) is 43.0. The standard InChI is InChI=1S/C30H31ClN8O3.2C2HF3O2/c1-30(37-29(40)27-25(31)3-2-8-34-27)6-10-38(11-7-30)26-5-4-20(15-35-26)24-13-22(42-19-23-17-33-9-12-41-23)18-39-28(24)21(14-32)16-36-39;2*3-2(4,5)1(6)7/h2-5,8,13,15-16,18,23,33H,6-7,9-12,17,19H2,1H3,(H,37,40);2*(H,6,7)/t23-;;/m0../s1. The molecule has 0 unspecified atom stereocenters. The van der Waals surface area contributed by atoms with Crippen molar-refractivity contribution in [2.75, 3.05) is 44.3 Å². The summed E-state index contributed by atoms with van der Waals surface area (Å²) in [6.07, 6.45) is -1.99. The number of carbonyl (C=O) groups excluding carboxylic acids is 1. The van der Waals surface area contributed by atoms with Crippen LogP contribution in [0.3, 0.4) is 0 Å². The van der Waals surface area contributed by atoms with Crippen LogP contribution in [0.4, 0.5) is 32.2 Å². The van der Waals surface area contributed by atoms with Crippen molar-refractivity contribution in [3.63, 3.8) is 0 Å². The molecule has 2 aliphatic rings. The number of pyridine rings is 3. The van der Waals surface area contributed by atoms with Crippen molar-refractivity contribution in [3.8, 4) is 22.9 Å². The number of amides is 1. The van der Waals surface area contributed by atoms with Crippen LogP contribution in [0.5, 0.6) is 5.75 Å². The van der Waals surface area contributed by atoms with Gasteiger partial charge >= 0.3 is 24.3 Å². The van der Waals surface area contributed by atoms with Crippen molar-refractivity contribution in [1.82, 2.24) is 30.2 Å². The summed E-state index contributed by atoms with van der Waals surface area (Å²) >= 11 is 6.17. The van der Waals surface area contributed by atoms with Gasteiger partial charge in [-0.25, -0.2) is 24.1 Å². The molecule has 22 heteroatoms. The van der Waals surface area contributed by atoms with E-state index in [9.17, 15) is 36.4 Å². The predicted molar refractivity (Wildman–Crippen MR) is 185 cm³/mol. The first-order valence-corrected chi connectivity index (χ1v) is 16.8. The number of ether oxygens (including phenoxy) is 2. The van der Waals surface area contributed by atoms with Gasteiger partial charge in [0.05, 0.1) is 35.1 Å². The number of carbonyl (C=O) groups is 3. The minimum absolute atomic E-state index is 0.0290. The summed E-state index contributed by atoms with van der Waals surface area (Å²) in [5.41, 5.74) is 2.70. The molecule has 0 aliphatic carbocycles. The highest BCUT2D eigenvalue weighted by Crippen LogP contribution is 2.32. The minimum atomic E-state index is -5.08. The predicted octanol–water partition coefficient (Wildman–Crippen LogP) is 4.74. The third-order valence-corrected chi connectivity index (χ3v) is 8.58. The molecule has 0 radical (unpaired) electrons. The van der Waals surface area contributed by atoms with E-state index in [0.717, 1.165) is 56.0 Å². The molecule has 0 spiro atoms. The van der Waals surface area contributed by atoms with E-state index < -0.39 is 24.3 Å². The number of carboxylic acids is 2. The van der Waals surface area contributed by atoms with E-state index in [1.807, 2.05) is 31.3 Å². The molecule has 4 N–H and O–H groups in total. The molecule has 4 aromatic rings. The number of anilines is 1. The lowest BCUT2D eigenvalue weighted by Crippen LogP contribution is -2.53. The third-order valence-electron chi connectivity index (χ3n) is 8.27. The number of nitrogens with one attached hydrogen (secondary N) is 2. The Labute approximate surface area is 318 Å². The van der Waals surface area contributed by atoms with E-state index >= 15 is 0 Å². The Kier molecular flexibility index (Phi) is 14.0. The summed E-state index contributed by atoms with van der Waals surface area (Å²) in [5, 5.41) is 35.1. The second-order valence-electron chi connectivity index (χ2n) is 12.4. The molecular weight excluding hydrogens is 782 g/mol. The van der Waals surface area contributed by atoms with Gasteiger partial charge in [-0.3, -0.25) is 4.79 Å². The molecule has 0 bridgehead atoms. The quantitative estimate of drug-likeness (QED) is 0.187. The van der Waals surface area contributed by atoms with Gasteiger partial charge in [0.2, 0.25) is 0 Å². The largest absolute Gasteiger partial charge is 0.490 e. The van der Waals surface area contributed by atoms with E-state index in [1.54, 1.807) is 35.2 Å². The lowest BCUT2D eigenvalue weighted by atomic mass is 9.89. The highest BCUT2D eigenvalue weighted by Gasteiger charge is 2.39. The average Bonchev–Trinajstić information content (AvgIpc) is 3.57. The number of aromatic nitrogens is 4. The summed E-state index contributed by atoms with van der Waals surface area (Å²) in [5.74, 6) is -4.30. The van der Waals surface area contributed by atoms with Crippen molar-refractivity contribution < 1.29 is 60.4 Å². The molecule has 6 heterocycles. The number of hydrogen-bond donors (Lipinski definition) is 4. The highest BCUT2D eigenvalue weighted by molar-refractivity contribution is 6.33. The number of rotatable bonds is 7. The molecule has 2 saturated heterocycles. The molecule has 2 fully saturated rings. The van der Waals surface area contributed by atoms with Gasteiger partial charge in [0, 0.05) is 55.2 Å². The van der Waals surface area contributed by atoms with E-state index in [4.69, 9.17) is 45.9 Å². The molecule has 0 aromatic carbocycles. The lowest BCUT2D eigenvalue weighted by Gasteiger charge is -2.40. The van der Waals surface area contributed by atoms with Crippen molar-refractivity contribution in [1.29, 1.82) is 5.26 Å². The number of aliphatic carboxylic acids is 2. The van der Waals surface area contributed by atoms with Gasteiger partial charge in [0.15, 0.2) is 0 Å². The van der Waals surface area contributed by atoms with Gasteiger partial charge in [-0.15, -0.1) is 0 Å². The molecule has 1 amide bonds. The van der Waals surface area contributed by atoms with Crippen LogP contribution in [-0.2, 0) is 14.3 Å². The lowest BCUT2D eigenvalue weighted by molar-refractivity contribution is -0.193. The Morgan fingerprint density at radius 2 is 1.75 bits per heavy atom. The van der Waals surface area contributed by atoms with Crippen molar-refractivity contribution in [2.45, 2.75) is 43.8 Å². The van der Waals surface area contributed by atoms with E-state index in [1.165, 1.54) is 0 Å². The smallest absolute Gasteiger partial charge is 0.489 e. The van der Waals surface area contributed by atoms with Crippen LogP contribution < -0.4 is 20.3 Å². The van der Waals surface area contributed by atoms with E-state index in [-0.39, 0.29) is 23.2 Å². The maximum absolute atomic E-state index is 12.8. The minimum Gasteiger partial charge on any atom is -0.489 e. The van der Waals surface area contributed by atoms with Crippen molar-refractivity contribution in [3.05, 3.63) is 71.4 Å². The summed E-state index contributed by atoms with van der Waals surface area (Å²) < 4.78 is 77.0. The second kappa shape index (κ2) is 18.3. The number of alkyl halides is 6. The number of morpholine rings is 1. The van der Waals surface area contributed by atoms with Crippen LogP contribution in [0.1, 0.15) is 35.8 Å². The van der Waals surface area contributed by atoms with Crippen LogP contribution in [0.25, 0.3) is 16.6 Å². The molecule has 0 saturated carbocycles. The molecular formula is C34H33ClF6N8O7. The zero-order valence-electron chi connectivity index (χ0n) is 29.2. The van der Waals surface area contributed by atoms with Gasteiger partial charge in [-0.1, -0.05) is 11.6 Å². The fourth-order valence-electron chi connectivity index (χ4n) is 5.37. The fourth-order valence-corrected chi connectivity index (χ4v) is 5.57. The Morgan fingerprint density at radius 3 is 2.29 bits per heavy atom. The molecule has 15 nitrogen and oxygen atoms in total. The van der Waals surface area contributed by atoms with Crippen LogP contribution in [0.15, 0.2) is 55.1 Å². The molecule has 1 atom stereocenters. The Bertz CT molecular complexity index is 2020. The molecule has 4 aromatic heterocycles. The number of carboxylic acid groups (broad SMARTS) is 2. The number of piperidine rings is 1. The number of nitrogens with zero attached hydrogens (tertiary/aromatic N) is 6. The normalized spacial score (nSPS) is 16.6. The summed E-state index contributed by atoms with van der Waals surface area (Å²) in [6.45, 7) is 6.15. The Morgan fingerprint density at radius 1 is 1.09 bits per heavy atom. The third kappa shape index (κ3) is 11.6. The average molecular weight is 815 g/mol. The molecule has 300 valence electrons. The van der Waals surface area contributed by atoms with Crippen LogP contribution >= 0.6 is 11.6 Å². The van der Waals surface area contributed by atoms with Gasteiger partial charge < -0.3 is 35.2 Å². The monoisotopic (exact) mass is 814 g/mol. The van der Waals surface area contributed by atoms with E-state index in [0.29, 0.717) is 35.1 Å². The number of nitriles is 1. The second-order valence-corrected chi connectivity index (χ2v) is 12.8. The van der Waals surface area contributed by atoms with Crippen molar-refractivity contribution >= 4 is 40.8 Å². The van der Waals surface area contributed by atoms with Crippen molar-refractivity contribution in [2.24, 2.45) is 0 Å². The van der Waals surface area contributed by atoms with Gasteiger partial charge in [0.25, 0.3) is 5.91 Å². The topological polar surface area (TPSA) is 204 Å². The number of halogens is 7. The summed E-state index contributed by atoms with van der Waals surface area (Å²) in [7, 11) is 0. The zero-order valence-corrected chi connectivity index (χ0v) is 30.0. The number of hydrogen-bond acceptors (Lipinski definition) is 11. The summed E-state index contributed by atoms with van der Waals surface area (Å²) in [4.78, 5) is 41.7. The first-order chi connectivity index (χ1) is 26.3. The summed E-state index contributed by atoms with van der Waals surface area (Å²) in [6, 6.07) is 11.5. The first-order valence-electron chi connectivity index (χ1n) is 16.4. The van der Waals surface area contributed by atoms with Gasteiger partial charge in [0.1, 0.15) is 36.0 Å². The van der Waals surface area contributed by atoms with Crippen LogP contribution in [-0.4, -0.2) is 111 Å². The fraction of sp³-hybridized carbons (Fsp3) is 0.382. The zero-order chi connectivity index (χ0) is 41.3. The SMILES string of the molecule is CC1(NC(=O)c2ncccc2Cl)CCN(c2ccc(-c3cc(OC[C@@H]4CNCCO4)cn4ncc(C#N)c34)cn2)CC1.O=C(O)C(F)(F)F.O=C(O)C(F)(F)F. The van der Waals surface area contributed by atoms with Gasteiger partial charge in [-0.2, -0.15) is 36.7 Å². The van der Waals surface area contributed by atoms with Crippen LogP contribution in [0.2, 0.25) is 5.02 Å². The Hall–Kier alpha value is -5.72. The molecule has 2 aliphatic heterocycles. The molecule has 56 heavy (non-hydrogen) atoms. The highest BCUT2D eigenvalue weighted by atomic mass is 35.5. The number of fused-ring (bicyclic) bond motifs is 1. The maximum atomic E-state index is 12.8. The molecule has 6 rings (SSSR count).